The van der Waals surface area contributed by atoms with Crippen molar-refractivity contribution >= 4 is 11.0 Å². The molecule has 0 spiro atoms. The predicted octanol–water partition coefficient (Wildman–Crippen LogP) is 2.24. The third-order valence-electron chi connectivity index (χ3n) is 2.58. The number of benzene rings is 1. The van der Waals surface area contributed by atoms with Gasteiger partial charge in [-0.2, -0.15) is 5.48 Å². The van der Waals surface area contributed by atoms with Gasteiger partial charge in [0.25, 0.3) is 0 Å². The molecule has 0 aliphatic carbocycles. The van der Waals surface area contributed by atoms with Crippen LogP contribution in [0.1, 0.15) is 39.3 Å². The van der Waals surface area contributed by atoms with Gasteiger partial charge in [-0.05, 0) is 45.4 Å². The normalized spacial score (nSPS) is 14.0. The molecule has 5 nitrogen and oxygen atoms in total. The molecule has 0 fully saturated rings. The highest BCUT2D eigenvalue weighted by Gasteiger charge is 2.14. The molecule has 0 saturated heterocycles. The molecule has 98 valence electrons. The predicted molar refractivity (Wildman–Crippen MR) is 71.3 cm³/mol. The van der Waals surface area contributed by atoms with Crippen molar-refractivity contribution in [2.45, 2.75) is 39.3 Å². The number of rotatable bonds is 3. The monoisotopic (exact) mass is 249 g/mol. The van der Waals surface area contributed by atoms with Crippen LogP contribution in [0.2, 0.25) is 0 Å². The van der Waals surface area contributed by atoms with Gasteiger partial charge in [0.2, 0.25) is 0 Å². The molecule has 0 bridgehead atoms. The molecule has 0 aliphatic heterocycles. The molecule has 0 aliphatic rings. The van der Waals surface area contributed by atoms with E-state index in [1.54, 1.807) is 0 Å². The van der Waals surface area contributed by atoms with E-state index in [9.17, 15) is 4.79 Å². The number of aromatic amines is 2. The van der Waals surface area contributed by atoms with E-state index in [2.05, 4.69) is 15.4 Å². The minimum Gasteiger partial charge on any atom is -0.306 e. The summed E-state index contributed by atoms with van der Waals surface area (Å²) in [4.78, 5) is 22.2. The van der Waals surface area contributed by atoms with Crippen LogP contribution in [0.4, 0.5) is 0 Å². The van der Waals surface area contributed by atoms with Crippen LogP contribution in [-0.4, -0.2) is 15.6 Å². The lowest BCUT2D eigenvalue weighted by molar-refractivity contribution is -0.0866. The van der Waals surface area contributed by atoms with Crippen molar-refractivity contribution in [3.63, 3.8) is 0 Å². The van der Waals surface area contributed by atoms with Gasteiger partial charge in [0.05, 0.1) is 22.7 Å². The van der Waals surface area contributed by atoms with Crippen LogP contribution >= 0.6 is 0 Å². The lowest BCUT2D eigenvalue weighted by atomic mass is 10.1. The van der Waals surface area contributed by atoms with E-state index in [1.165, 1.54) is 0 Å². The summed E-state index contributed by atoms with van der Waals surface area (Å²) in [5.41, 5.74) is 5.26. The van der Waals surface area contributed by atoms with Gasteiger partial charge in [-0.1, -0.05) is 6.07 Å². The first-order valence-electron chi connectivity index (χ1n) is 6.01. The Morgan fingerprint density at radius 2 is 1.89 bits per heavy atom. The lowest BCUT2D eigenvalue weighted by Gasteiger charge is -2.23. The fraction of sp³-hybridized carbons (Fsp3) is 0.462. The molecule has 1 atom stereocenters. The molecule has 0 radical (unpaired) electrons. The molecule has 0 saturated carbocycles. The molecule has 5 heteroatoms. The van der Waals surface area contributed by atoms with E-state index in [-0.39, 0.29) is 17.3 Å². The average molecular weight is 249 g/mol. The number of hydrogen-bond acceptors (Lipinski definition) is 3. The number of hydrogen-bond donors (Lipinski definition) is 3. The van der Waals surface area contributed by atoms with Crippen LogP contribution in [0.15, 0.2) is 23.0 Å². The second-order valence-electron chi connectivity index (χ2n) is 5.44. The summed E-state index contributed by atoms with van der Waals surface area (Å²) in [6.07, 6.45) is 0. The van der Waals surface area contributed by atoms with Gasteiger partial charge < -0.3 is 9.97 Å². The van der Waals surface area contributed by atoms with E-state index < -0.39 is 0 Å². The Hall–Kier alpha value is -1.59. The zero-order valence-corrected chi connectivity index (χ0v) is 11.1. The van der Waals surface area contributed by atoms with E-state index in [4.69, 9.17) is 4.84 Å². The number of aromatic nitrogens is 2. The molecule has 1 aromatic heterocycles. The highest BCUT2D eigenvalue weighted by Crippen LogP contribution is 2.18. The summed E-state index contributed by atoms with van der Waals surface area (Å²) < 4.78 is 0. The fourth-order valence-electron chi connectivity index (χ4n) is 1.65. The quantitative estimate of drug-likeness (QED) is 0.731. The standard InChI is InChI=1S/C13H19N3O2/c1-8(16-18-13(2,3)4)9-5-6-10-11(7-9)15-12(17)14-10/h5-8,16H,1-4H3,(H2,14,15,17). The van der Waals surface area contributed by atoms with Gasteiger partial charge in [0.15, 0.2) is 0 Å². The van der Waals surface area contributed by atoms with Crippen LogP contribution in [0.25, 0.3) is 11.0 Å². The summed E-state index contributed by atoms with van der Waals surface area (Å²) in [7, 11) is 0. The Balaban J connectivity index is 2.17. The first kappa shape index (κ1) is 12.9. The second-order valence-corrected chi connectivity index (χ2v) is 5.44. The Bertz CT molecular complexity index is 592. The smallest absolute Gasteiger partial charge is 0.306 e. The van der Waals surface area contributed by atoms with E-state index >= 15 is 0 Å². The van der Waals surface area contributed by atoms with Gasteiger partial charge in [-0.3, -0.25) is 4.84 Å². The molecular weight excluding hydrogens is 230 g/mol. The molecule has 1 aromatic carbocycles. The van der Waals surface area contributed by atoms with Gasteiger partial charge in [-0.25, -0.2) is 4.79 Å². The summed E-state index contributed by atoms with van der Waals surface area (Å²) in [5.74, 6) is 0. The molecule has 0 amide bonds. The number of hydroxylamine groups is 1. The minimum absolute atomic E-state index is 0.0482. The second kappa shape index (κ2) is 4.59. The topological polar surface area (TPSA) is 69.9 Å². The maximum atomic E-state index is 11.2. The number of imidazole rings is 1. The van der Waals surface area contributed by atoms with Crippen molar-refractivity contribution in [2.24, 2.45) is 0 Å². The highest BCUT2D eigenvalue weighted by molar-refractivity contribution is 5.75. The third-order valence-corrected chi connectivity index (χ3v) is 2.58. The SMILES string of the molecule is CC(NOC(C)(C)C)c1ccc2[nH]c(=O)[nH]c2c1. The molecule has 2 rings (SSSR count). The van der Waals surface area contributed by atoms with Crippen molar-refractivity contribution in [3.8, 4) is 0 Å². The largest absolute Gasteiger partial charge is 0.323 e. The first-order valence-corrected chi connectivity index (χ1v) is 6.01. The van der Waals surface area contributed by atoms with Crippen LogP contribution in [0.3, 0.4) is 0 Å². The fourth-order valence-corrected chi connectivity index (χ4v) is 1.65. The summed E-state index contributed by atoms with van der Waals surface area (Å²) >= 11 is 0. The van der Waals surface area contributed by atoms with Crippen LogP contribution in [0.5, 0.6) is 0 Å². The Labute approximate surface area is 106 Å². The van der Waals surface area contributed by atoms with Gasteiger partial charge >= 0.3 is 5.69 Å². The van der Waals surface area contributed by atoms with Crippen molar-refractivity contribution in [3.05, 3.63) is 34.2 Å². The Morgan fingerprint density at radius 3 is 2.56 bits per heavy atom. The first-order chi connectivity index (χ1) is 8.35. The van der Waals surface area contributed by atoms with Crippen LogP contribution in [-0.2, 0) is 4.84 Å². The lowest BCUT2D eigenvalue weighted by Crippen LogP contribution is -2.30. The van der Waals surface area contributed by atoms with E-state index in [1.807, 2.05) is 45.9 Å². The van der Waals surface area contributed by atoms with Gasteiger partial charge in [0.1, 0.15) is 0 Å². The van der Waals surface area contributed by atoms with Crippen LogP contribution < -0.4 is 11.2 Å². The van der Waals surface area contributed by atoms with Crippen molar-refractivity contribution < 1.29 is 4.84 Å². The molecule has 3 N–H and O–H groups in total. The molecule has 2 aromatic rings. The van der Waals surface area contributed by atoms with E-state index in [0.29, 0.717) is 0 Å². The number of H-pyrrole nitrogens is 2. The summed E-state index contributed by atoms with van der Waals surface area (Å²) in [6.45, 7) is 7.97. The zero-order chi connectivity index (χ0) is 13.3. The van der Waals surface area contributed by atoms with Crippen LogP contribution in [0, 0.1) is 0 Å². The third kappa shape index (κ3) is 3.00. The minimum atomic E-state index is -0.235. The highest BCUT2D eigenvalue weighted by atomic mass is 16.7. The maximum Gasteiger partial charge on any atom is 0.323 e. The molecule has 18 heavy (non-hydrogen) atoms. The van der Waals surface area contributed by atoms with E-state index in [0.717, 1.165) is 16.6 Å². The zero-order valence-electron chi connectivity index (χ0n) is 11.1. The Morgan fingerprint density at radius 1 is 1.22 bits per heavy atom. The Kier molecular flexibility index (Phi) is 3.28. The van der Waals surface area contributed by atoms with Crippen molar-refractivity contribution in [1.29, 1.82) is 0 Å². The molecule has 1 heterocycles. The van der Waals surface area contributed by atoms with Crippen molar-refractivity contribution in [1.82, 2.24) is 15.4 Å². The molecule has 1 unspecified atom stereocenters. The van der Waals surface area contributed by atoms with Crippen molar-refractivity contribution in [2.75, 3.05) is 0 Å². The number of fused-ring (bicyclic) bond motifs is 1. The molecular formula is C13H19N3O2. The summed E-state index contributed by atoms with van der Waals surface area (Å²) in [6, 6.07) is 5.84. The maximum absolute atomic E-state index is 11.2. The van der Waals surface area contributed by atoms with Gasteiger partial charge in [0, 0.05) is 0 Å². The average Bonchev–Trinajstić information content (AvgIpc) is 2.63. The number of nitrogens with one attached hydrogen (secondary N) is 3. The van der Waals surface area contributed by atoms with Gasteiger partial charge in [-0.15, -0.1) is 0 Å². The summed E-state index contributed by atoms with van der Waals surface area (Å²) in [5, 5.41) is 0.